The van der Waals surface area contributed by atoms with Crippen LogP contribution in [0, 0.1) is 0 Å². The average Bonchev–Trinajstić information content (AvgIpc) is 3.15. The molecule has 0 bridgehead atoms. The molecule has 4 aromatic rings. The molecular weight excluding hydrogens is 614 g/mol. The number of likely N-dealkylation sites (N-methyl/N-ethyl adjacent to an activating group) is 1. The predicted octanol–water partition coefficient (Wildman–Crippen LogP) is 6.74. The minimum atomic E-state index is 0.482. The van der Waals surface area contributed by atoms with Gasteiger partial charge in [0.1, 0.15) is 25.6 Å². The summed E-state index contributed by atoms with van der Waals surface area (Å²) in [5.41, 5.74) is 3.36. The van der Waals surface area contributed by atoms with Crippen LogP contribution in [0.4, 0.5) is 0 Å². The minimum absolute atomic E-state index is 0.482. The fourth-order valence-corrected chi connectivity index (χ4v) is 5.16. The third-order valence-corrected chi connectivity index (χ3v) is 7.97. The SMILES string of the molecule is CCN(CCCCNCCOCCOCCNCc1ccc(OCc2ccccc2)c(OCc2ccccc2)c1)CCOc1ccccc1. The molecule has 0 heterocycles. The molecule has 4 aromatic carbocycles. The van der Waals surface area contributed by atoms with E-state index in [0.717, 1.165) is 86.2 Å². The summed E-state index contributed by atoms with van der Waals surface area (Å²) in [7, 11) is 0. The Balaban J connectivity index is 0.995. The third-order valence-electron chi connectivity index (χ3n) is 7.97. The van der Waals surface area contributed by atoms with Gasteiger partial charge in [-0.05, 0) is 73.4 Å². The monoisotopic (exact) mass is 669 g/mol. The summed E-state index contributed by atoms with van der Waals surface area (Å²) in [6.45, 7) is 12.8. The van der Waals surface area contributed by atoms with Gasteiger partial charge in [-0.1, -0.05) is 91.9 Å². The van der Waals surface area contributed by atoms with Crippen LogP contribution in [0.25, 0.3) is 0 Å². The van der Waals surface area contributed by atoms with Crippen molar-refractivity contribution in [2.45, 2.75) is 39.5 Å². The van der Waals surface area contributed by atoms with Crippen LogP contribution in [0.2, 0.25) is 0 Å². The Morgan fingerprint density at radius 2 is 1.12 bits per heavy atom. The molecule has 8 nitrogen and oxygen atoms in total. The van der Waals surface area contributed by atoms with Crippen molar-refractivity contribution < 1.29 is 23.7 Å². The number of ether oxygens (including phenoxy) is 5. The summed E-state index contributed by atoms with van der Waals surface area (Å²) in [5, 5.41) is 6.94. The molecule has 0 spiro atoms. The molecule has 0 saturated carbocycles. The molecule has 4 rings (SSSR count). The number of hydrogen-bond donors (Lipinski definition) is 2. The molecule has 0 saturated heterocycles. The molecule has 0 fully saturated rings. The molecule has 0 aliphatic rings. The Labute approximate surface area is 293 Å². The lowest BCUT2D eigenvalue weighted by Crippen LogP contribution is -2.30. The second-order valence-corrected chi connectivity index (χ2v) is 11.8. The Morgan fingerprint density at radius 1 is 0.510 bits per heavy atom. The van der Waals surface area contributed by atoms with Crippen molar-refractivity contribution in [3.8, 4) is 17.2 Å². The summed E-state index contributed by atoms with van der Waals surface area (Å²) in [5.74, 6) is 2.42. The van der Waals surface area contributed by atoms with E-state index < -0.39 is 0 Å². The number of hydrogen-bond acceptors (Lipinski definition) is 8. The first-order valence-electron chi connectivity index (χ1n) is 17.7. The number of benzene rings is 4. The molecule has 0 atom stereocenters. The van der Waals surface area contributed by atoms with E-state index in [4.69, 9.17) is 23.7 Å². The number of nitrogens with zero attached hydrogens (tertiary/aromatic N) is 1. The maximum absolute atomic E-state index is 6.21. The van der Waals surface area contributed by atoms with E-state index in [9.17, 15) is 0 Å². The van der Waals surface area contributed by atoms with Crippen molar-refractivity contribution in [3.63, 3.8) is 0 Å². The van der Waals surface area contributed by atoms with Crippen LogP contribution in [0.1, 0.15) is 36.5 Å². The molecule has 8 heteroatoms. The fourth-order valence-electron chi connectivity index (χ4n) is 5.16. The molecule has 0 unspecified atom stereocenters. The van der Waals surface area contributed by atoms with Crippen LogP contribution < -0.4 is 24.8 Å². The van der Waals surface area contributed by atoms with E-state index in [-0.39, 0.29) is 0 Å². The van der Waals surface area contributed by atoms with Gasteiger partial charge >= 0.3 is 0 Å². The van der Waals surface area contributed by atoms with E-state index in [1.54, 1.807) is 0 Å². The van der Waals surface area contributed by atoms with Crippen molar-refractivity contribution in [1.29, 1.82) is 0 Å². The highest BCUT2D eigenvalue weighted by molar-refractivity contribution is 5.43. The average molecular weight is 670 g/mol. The van der Waals surface area contributed by atoms with Crippen molar-refractivity contribution in [2.75, 3.05) is 72.3 Å². The topological polar surface area (TPSA) is 73.5 Å². The summed E-state index contributed by atoms with van der Waals surface area (Å²) >= 11 is 0. The zero-order valence-corrected chi connectivity index (χ0v) is 29.2. The molecule has 0 radical (unpaired) electrons. The van der Waals surface area contributed by atoms with Crippen molar-refractivity contribution in [3.05, 3.63) is 126 Å². The maximum atomic E-state index is 6.21. The molecule has 0 aromatic heterocycles. The minimum Gasteiger partial charge on any atom is -0.492 e. The normalized spacial score (nSPS) is 11.1. The second-order valence-electron chi connectivity index (χ2n) is 11.8. The van der Waals surface area contributed by atoms with Crippen molar-refractivity contribution >= 4 is 0 Å². The largest absolute Gasteiger partial charge is 0.492 e. The zero-order valence-electron chi connectivity index (χ0n) is 29.2. The quantitative estimate of drug-likeness (QED) is 0.0677. The Morgan fingerprint density at radius 3 is 1.78 bits per heavy atom. The summed E-state index contributed by atoms with van der Waals surface area (Å²) in [6.07, 6.45) is 2.33. The van der Waals surface area contributed by atoms with Crippen LogP contribution in [0.5, 0.6) is 17.2 Å². The number of rotatable bonds is 27. The van der Waals surface area contributed by atoms with Gasteiger partial charge in [0.2, 0.25) is 0 Å². The third kappa shape index (κ3) is 16.4. The lowest BCUT2D eigenvalue weighted by Gasteiger charge is -2.20. The van der Waals surface area contributed by atoms with E-state index >= 15 is 0 Å². The highest BCUT2D eigenvalue weighted by Gasteiger charge is 2.09. The Bertz CT molecular complexity index is 1380. The van der Waals surface area contributed by atoms with Crippen LogP contribution in [-0.2, 0) is 29.2 Å². The molecule has 0 aliphatic carbocycles. The van der Waals surface area contributed by atoms with Crippen molar-refractivity contribution in [2.24, 2.45) is 0 Å². The van der Waals surface area contributed by atoms with Gasteiger partial charge in [-0.2, -0.15) is 0 Å². The predicted molar refractivity (Wildman–Crippen MR) is 197 cm³/mol. The first kappa shape index (κ1) is 37.9. The second kappa shape index (κ2) is 24.3. The van der Waals surface area contributed by atoms with Gasteiger partial charge in [0, 0.05) is 26.2 Å². The Kier molecular flexibility index (Phi) is 18.8. The number of nitrogens with one attached hydrogen (secondary N) is 2. The maximum Gasteiger partial charge on any atom is 0.162 e. The van der Waals surface area contributed by atoms with E-state index in [1.807, 2.05) is 72.8 Å². The van der Waals surface area contributed by atoms with E-state index in [2.05, 4.69) is 58.9 Å². The number of para-hydroxylation sites is 1. The summed E-state index contributed by atoms with van der Waals surface area (Å²) < 4.78 is 29.7. The van der Waals surface area contributed by atoms with Gasteiger partial charge in [-0.15, -0.1) is 0 Å². The van der Waals surface area contributed by atoms with Gasteiger partial charge in [-0.25, -0.2) is 0 Å². The van der Waals surface area contributed by atoms with Crippen LogP contribution in [-0.4, -0.2) is 77.2 Å². The highest BCUT2D eigenvalue weighted by atomic mass is 16.5. The molecule has 0 amide bonds. The molecule has 264 valence electrons. The highest BCUT2D eigenvalue weighted by Crippen LogP contribution is 2.30. The lowest BCUT2D eigenvalue weighted by atomic mass is 10.2. The van der Waals surface area contributed by atoms with E-state index in [0.29, 0.717) is 46.2 Å². The lowest BCUT2D eigenvalue weighted by molar-refractivity contribution is 0.0498. The van der Waals surface area contributed by atoms with E-state index in [1.165, 1.54) is 6.42 Å². The number of unbranched alkanes of at least 4 members (excludes halogenated alkanes) is 1. The standard InChI is InChI=1S/C41H55N3O5/c1-2-44(26-29-47-39-18-10-5-11-19-39)25-13-12-22-42-23-27-45-30-31-46-28-24-43-33-38-20-21-40(48-34-36-14-6-3-7-15-36)41(32-38)49-35-37-16-8-4-9-17-37/h3-11,14-21,32,42-43H,2,12-13,22-31,33-35H2,1H3. The fraction of sp³-hybridized carbons (Fsp3) is 0.415. The Hall–Kier alpha value is -3.92. The van der Waals surface area contributed by atoms with Gasteiger partial charge in [-0.3, -0.25) is 0 Å². The van der Waals surface area contributed by atoms with Crippen LogP contribution >= 0.6 is 0 Å². The summed E-state index contributed by atoms with van der Waals surface area (Å²) in [4.78, 5) is 2.45. The van der Waals surface area contributed by atoms with Crippen molar-refractivity contribution in [1.82, 2.24) is 15.5 Å². The molecule has 49 heavy (non-hydrogen) atoms. The van der Waals surface area contributed by atoms with Crippen LogP contribution in [0.3, 0.4) is 0 Å². The first-order valence-corrected chi connectivity index (χ1v) is 17.7. The molecule has 0 aliphatic heterocycles. The first-order chi connectivity index (χ1) is 24.3. The summed E-state index contributed by atoms with van der Waals surface area (Å²) in [6, 6.07) is 36.5. The van der Waals surface area contributed by atoms with Gasteiger partial charge in [0.15, 0.2) is 11.5 Å². The van der Waals surface area contributed by atoms with Gasteiger partial charge in [0.05, 0.1) is 26.4 Å². The van der Waals surface area contributed by atoms with Gasteiger partial charge in [0.25, 0.3) is 0 Å². The van der Waals surface area contributed by atoms with Gasteiger partial charge < -0.3 is 39.2 Å². The van der Waals surface area contributed by atoms with Crippen LogP contribution in [0.15, 0.2) is 109 Å². The zero-order chi connectivity index (χ0) is 34.0. The molecular formula is C41H55N3O5. The molecule has 2 N–H and O–H groups in total. The smallest absolute Gasteiger partial charge is 0.162 e.